The molecular weight excluding hydrogens is 294 g/mol. The zero-order chi connectivity index (χ0) is 13.1. The van der Waals surface area contributed by atoms with Crippen LogP contribution in [0.25, 0.3) is 10.6 Å². The van der Waals surface area contributed by atoms with Gasteiger partial charge in [0.05, 0.1) is 12.1 Å². The number of methoxy groups -OCH3 is 1. The van der Waals surface area contributed by atoms with Crippen LogP contribution in [0.15, 0.2) is 23.5 Å². The van der Waals surface area contributed by atoms with Crippen LogP contribution in [-0.2, 0) is 0 Å². The Labute approximate surface area is 116 Å². The Morgan fingerprint density at radius 2 is 2.39 bits per heavy atom. The molecule has 5 nitrogen and oxygen atoms in total. The molecule has 0 saturated heterocycles. The molecule has 1 amide bonds. The number of nitrogens with two attached hydrogens (primary N) is 1. The van der Waals surface area contributed by atoms with Crippen molar-refractivity contribution in [1.82, 2.24) is 9.97 Å². The van der Waals surface area contributed by atoms with Gasteiger partial charge in [-0.2, -0.15) is 0 Å². The largest absolute Gasteiger partial charge is 0.485 e. The van der Waals surface area contributed by atoms with Crippen molar-refractivity contribution < 1.29 is 9.53 Å². The number of rotatable bonds is 3. The van der Waals surface area contributed by atoms with Crippen LogP contribution in [0.2, 0.25) is 5.02 Å². The van der Waals surface area contributed by atoms with E-state index in [1.54, 1.807) is 12.3 Å². The summed E-state index contributed by atoms with van der Waals surface area (Å²) in [4.78, 5) is 19.1. The predicted molar refractivity (Wildman–Crippen MR) is 72.3 cm³/mol. The molecule has 0 aliphatic rings. The first-order valence-corrected chi connectivity index (χ1v) is 6.75. The lowest BCUT2D eigenvalue weighted by Crippen LogP contribution is -2.02. The number of thioether (sulfide) groups is 1. The van der Waals surface area contributed by atoms with Crippen molar-refractivity contribution >= 4 is 39.9 Å². The van der Waals surface area contributed by atoms with Gasteiger partial charge in [0.2, 0.25) is 5.06 Å². The number of halogens is 1. The van der Waals surface area contributed by atoms with Gasteiger partial charge in [-0.1, -0.05) is 22.9 Å². The molecule has 0 spiro atoms. The molecule has 0 atom stereocenters. The minimum absolute atomic E-state index is 0.442. The van der Waals surface area contributed by atoms with Gasteiger partial charge in [0.15, 0.2) is 5.03 Å². The van der Waals surface area contributed by atoms with Gasteiger partial charge in [-0.25, -0.2) is 4.98 Å². The highest BCUT2D eigenvalue weighted by Gasteiger charge is 2.17. The minimum atomic E-state index is -0.536. The van der Waals surface area contributed by atoms with Crippen molar-refractivity contribution in [1.29, 1.82) is 0 Å². The quantitative estimate of drug-likeness (QED) is 0.882. The van der Waals surface area contributed by atoms with Gasteiger partial charge < -0.3 is 10.5 Å². The van der Waals surface area contributed by atoms with Crippen molar-refractivity contribution in [3.8, 4) is 15.6 Å². The van der Waals surface area contributed by atoms with Crippen LogP contribution in [0.5, 0.6) is 5.06 Å². The number of aromatic nitrogens is 2. The lowest BCUT2D eigenvalue weighted by atomic mass is 10.3. The maximum Gasteiger partial charge on any atom is 0.282 e. The molecule has 0 radical (unpaired) electrons. The number of ether oxygens (including phenoxy) is 1. The van der Waals surface area contributed by atoms with Crippen molar-refractivity contribution in [2.24, 2.45) is 5.73 Å². The van der Waals surface area contributed by atoms with Gasteiger partial charge in [0.25, 0.3) is 5.24 Å². The molecule has 0 aromatic carbocycles. The molecule has 0 aliphatic carbocycles. The molecule has 94 valence electrons. The van der Waals surface area contributed by atoms with E-state index >= 15 is 0 Å². The van der Waals surface area contributed by atoms with Crippen LogP contribution in [0.1, 0.15) is 0 Å². The number of primary amides is 1. The average Bonchev–Trinajstić information content (AvgIpc) is 2.71. The molecule has 2 heterocycles. The van der Waals surface area contributed by atoms with E-state index in [2.05, 4.69) is 9.97 Å². The first kappa shape index (κ1) is 13.1. The predicted octanol–water partition coefficient (Wildman–Crippen LogP) is 3.04. The first-order chi connectivity index (χ1) is 8.61. The van der Waals surface area contributed by atoms with E-state index in [0.29, 0.717) is 20.1 Å². The summed E-state index contributed by atoms with van der Waals surface area (Å²) >= 11 is 8.15. The molecule has 8 heteroatoms. The van der Waals surface area contributed by atoms with Gasteiger partial charge in [-0.15, -0.1) is 0 Å². The second-order valence-electron chi connectivity index (χ2n) is 3.09. The third-order valence-corrected chi connectivity index (χ3v) is 4.10. The maximum atomic E-state index is 10.9. The summed E-state index contributed by atoms with van der Waals surface area (Å²) in [6, 6.07) is 1.75. The Hall–Kier alpha value is -1.31. The van der Waals surface area contributed by atoms with Gasteiger partial charge in [0, 0.05) is 18.0 Å². The second-order valence-corrected chi connectivity index (χ2v) is 5.45. The highest BCUT2D eigenvalue weighted by molar-refractivity contribution is 8.13. The third-order valence-electron chi connectivity index (χ3n) is 1.95. The van der Waals surface area contributed by atoms with Gasteiger partial charge >= 0.3 is 0 Å². The van der Waals surface area contributed by atoms with Crippen molar-refractivity contribution in [2.45, 2.75) is 5.03 Å². The molecule has 2 aromatic heterocycles. The average molecular weight is 302 g/mol. The Balaban J connectivity index is 2.44. The summed E-state index contributed by atoms with van der Waals surface area (Å²) in [5.74, 6) is 0. The Kier molecular flexibility index (Phi) is 4.05. The lowest BCUT2D eigenvalue weighted by Gasteiger charge is -1.97. The molecule has 0 bridgehead atoms. The van der Waals surface area contributed by atoms with E-state index in [9.17, 15) is 4.79 Å². The van der Waals surface area contributed by atoms with Crippen molar-refractivity contribution in [3.05, 3.63) is 23.5 Å². The second kappa shape index (κ2) is 5.55. The number of nitrogens with zero attached hydrogens (tertiary/aromatic N) is 2. The number of hydrogen-bond acceptors (Lipinski definition) is 6. The SMILES string of the molecule is COc1sc(-c2ccncc2Cl)nc1SC(N)=O. The molecule has 0 unspecified atom stereocenters. The van der Waals surface area contributed by atoms with Crippen LogP contribution < -0.4 is 10.5 Å². The Morgan fingerprint density at radius 3 is 3.00 bits per heavy atom. The van der Waals surface area contributed by atoms with E-state index in [1.807, 2.05) is 0 Å². The zero-order valence-electron chi connectivity index (χ0n) is 9.21. The molecule has 0 fully saturated rings. The van der Waals surface area contributed by atoms with Gasteiger partial charge in [0.1, 0.15) is 5.01 Å². The van der Waals surface area contributed by atoms with E-state index in [-0.39, 0.29) is 0 Å². The normalized spacial score (nSPS) is 10.3. The van der Waals surface area contributed by atoms with E-state index < -0.39 is 5.24 Å². The molecule has 2 N–H and O–H groups in total. The summed E-state index contributed by atoms with van der Waals surface area (Å²) < 4.78 is 5.16. The van der Waals surface area contributed by atoms with Crippen LogP contribution in [-0.4, -0.2) is 22.3 Å². The van der Waals surface area contributed by atoms with Crippen molar-refractivity contribution in [2.75, 3.05) is 7.11 Å². The monoisotopic (exact) mass is 301 g/mol. The van der Waals surface area contributed by atoms with Gasteiger partial charge in [-0.05, 0) is 17.8 Å². The maximum absolute atomic E-state index is 10.9. The highest BCUT2D eigenvalue weighted by atomic mass is 35.5. The summed E-state index contributed by atoms with van der Waals surface area (Å²) in [6.07, 6.45) is 3.15. The summed E-state index contributed by atoms with van der Waals surface area (Å²) in [5, 5.41) is 1.58. The van der Waals surface area contributed by atoms with Crippen LogP contribution in [0, 0.1) is 0 Å². The molecule has 18 heavy (non-hydrogen) atoms. The van der Waals surface area contributed by atoms with E-state index in [1.165, 1.54) is 24.6 Å². The molecule has 2 aromatic rings. The minimum Gasteiger partial charge on any atom is -0.485 e. The number of carbonyl (C=O) groups excluding carboxylic acids is 1. The molecule has 0 saturated carbocycles. The van der Waals surface area contributed by atoms with Crippen molar-refractivity contribution in [3.63, 3.8) is 0 Å². The van der Waals surface area contributed by atoms with Crippen LogP contribution >= 0.6 is 34.7 Å². The summed E-state index contributed by atoms with van der Waals surface area (Å²) in [5.41, 5.74) is 5.86. The summed E-state index contributed by atoms with van der Waals surface area (Å²) in [6.45, 7) is 0. The Bertz CT molecular complexity index is 588. The molecule has 2 rings (SSSR count). The standard InChI is InChI=1S/C10H8ClN3O2S2/c1-16-9-8(18-10(12)15)14-7(17-9)5-2-3-13-4-6(5)11/h2-4H,1H3,(H2,12,15). The first-order valence-electron chi connectivity index (χ1n) is 4.73. The lowest BCUT2D eigenvalue weighted by molar-refractivity contribution is 0.267. The highest BCUT2D eigenvalue weighted by Crippen LogP contribution is 2.40. The van der Waals surface area contributed by atoms with Crippen LogP contribution in [0.3, 0.4) is 0 Å². The zero-order valence-corrected chi connectivity index (χ0v) is 11.6. The smallest absolute Gasteiger partial charge is 0.282 e. The topological polar surface area (TPSA) is 78.1 Å². The summed E-state index contributed by atoms with van der Waals surface area (Å²) in [7, 11) is 1.51. The fourth-order valence-corrected chi connectivity index (χ4v) is 3.13. The van der Waals surface area contributed by atoms with E-state index in [0.717, 1.165) is 17.3 Å². The fourth-order valence-electron chi connectivity index (χ4n) is 1.24. The number of carbonyl (C=O) groups is 1. The fraction of sp³-hybridized carbons (Fsp3) is 0.100. The van der Waals surface area contributed by atoms with Gasteiger partial charge in [-0.3, -0.25) is 9.78 Å². The number of hydrogen-bond donors (Lipinski definition) is 1. The Morgan fingerprint density at radius 1 is 1.61 bits per heavy atom. The third kappa shape index (κ3) is 2.74. The molecule has 0 aliphatic heterocycles. The number of amides is 1. The number of thiazole rings is 1. The number of pyridine rings is 1. The van der Waals surface area contributed by atoms with Crippen LogP contribution in [0.4, 0.5) is 4.79 Å². The molecular formula is C10H8ClN3O2S2. The van der Waals surface area contributed by atoms with E-state index in [4.69, 9.17) is 22.1 Å².